The number of anilines is 1. The van der Waals surface area contributed by atoms with E-state index in [0.29, 0.717) is 31.6 Å². The highest BCUT2D eigenvalue weighted by Crippen LogP contribution is 2.28. The Morgan fingerprint density at radius 2 is 1.96 bits per heavy atom. The molecule has 138 valence electrons. The lowest BCUT2D eigenvalue weighted by molar-refractivity contribution is -0.144. The van der Waals surface area contributed by atoms with Crippen molar-refractivity contribution < 1.29 is 14.3 Å². The van der Waals surface area contributed by atoms with Gasteiger partial charge in [0.1, 0.15) is 6.54 Å². The van der Waals surface area contributed by atoms with E-state index in [-0.39, 0.29) is 30.6 Å². The number of rotatable bonds is 4. The zero-order valence-corrected chi connectivity index (χ0v) is 14.9. The fraction of sp³-hybridized carbons (Fsp3) is 0.706. The summed E-state index contributed by atoms with van der Waals surface area (Å²) in [4.78, 5) is 26.6. The standard InChI is InChI=1S/C17H27N5O3/c1-12-8-21(9-13(2)25-12)15(23)11-22-10-14(7-19-22)20-16(24)17(18)5-3-4-6-17/h7,10,12-13H,3-6,8-9,11,18H2,1-2H3,(H,20,24). The van der Waals surface area contributed by atoms with Crippen LogP contribution >= 0.6 is 0 Å². The predicted octanol–water partition coefficient (Wildman–Crippen LogP) is 0.729. The molecule has 0 radical (unpaired) electrons. The van der Waals surface area contributed by atoms with Crippen LogP contribution in [0.5, 0.6) is 0 Å². The minimum absolute atomic E-state index is 0.00550. The van der Waals surface area contributed by atoms with Gasteiger partial charge in [0.15, 0.2) is 0 Å². The first-order valence-corrected chi connectivity index (χ1v) is 8.92. The quantitative estimate of drug-likeness (QED) is 0.834. The maximum absolute atomic E-state index is 12.5. The zero-order valence-electron chi connectivity index (χ0n) is 14.9. The summed E-state index contributed by atoms with van der Waals surface area (Å²) >= 11 is 0. The molecule has 2 heterocycles. The van der Waals surface area contributed by atoms with Crippen molar-refractivity contribution in [2.75, 3.05) is 18.4 Å². The Morgan fingerprint density at radius 1 is 1.32 bits per heavy atom. The molecule has 1 saturated carbocycles. The number of aromatic nitrogens is 2. The molecule has 2 unspecified atom stereocenters. The van der Waals surface area contributed by atoms with Gasteiger partial charge in [-0.25, -0.2) is 0 Å². The molecule has 1 aliphatic heterocycles. The average Bonchev–Trinajstić information content (AvgIpc) is 3.16. The molecule has 2 amide bonds. The van der Waals surface area contributed by atoms with E-state index in [0.717, 1.165) is 12.8 Å². The second-order valence-electron chi connectivity index (χ2n) is 7.30. The van der Waals surface area contributed by atoms with Crippen LogP contribution in [0.4, 0.5) is 5.69 Å². The maximum atomic E-state index is 12.5. The van der Waals surface area contributed by atoms with Crippen molar-refractivity contribution >= 4 is 17.5 Å². The van der Waals surface area contributed by atoms with Crippen LogP contribution in [0.2, 0.25) is 0 Å². The lowest BCUT2D eigenvalue weighted by Crippen LogP contribution is -2.49. The van der Waals surface area contributed by atoms with Crippen molar-refractivity contribution in [3.63, 3.8) is 0 Å². The molecule has 2 atom stereocenters. The average molecular weight is 349 g/mol. The molecule has 3 N–H and O–H groups in total. The Balaban J connectivity index is 1.56. The van der Waals surface area contributed by atoms with Crippen LogP contribution in [0.25, 0.3) is 0 Å². The van der Waals surface area contributed by atoms with Gasteiger partial charge in [0.25, 0.3) is 0 Å². The molecular formula is C17H27N5O3. The van der Waals surface area contributed by atoms with Gasteiger partial charge in [-0.05, 0) is 26.7 Å². The minimum Gasteiger partial charge on any atom is -0.372 e. The van der Waals surface area contributed by atoms with Crippen molar-refractivity contribution in [2.24, 2.45) is 5.73 Å². The van der Waals surface area contributed by atoms with Crippen LogP contribution in [0.3, 0.4) is 0 Å². The van der Waals surface area contributed by atoms with Crippen molar-refractivity contribution in [3.05, 3.63) is 12.4 Å². The highest BCUT2D eigenvalue weighted by atomic mass is 16.5. The summed E-state index contributed by atoms with van der Waals surface area (Å²) < 4.78 is 7.19. The fourth-order valence-electron chi connectivity index (χ4n) is 3.62. The summed E-state index contributed by atoms with van der Waals surface area (Å²) in [5, 5.41) is 6.99. The zero-order chi connectivity index (χ0) is 18.0. The number of carbonyl (C=O) groups excluding carboxylic acids is 2. The normalized spacial score (nSPS) is 25.8. The summed E-state index contributed by atoms with van der Waals surface area (Å²) in [6.45, 7) is 5.24. The van der Waals surface area contributed by atoms with Crippen LogP contribution in [-0.4, -0.2) is 57.3 Å². The van der Waals surface area contributed by atoms with Crippen molar-refractivity contribution in [1.29, 1.82) is 0 Å². The Kier molecular flexibility index (Phi) is 5.10. The number of nitrogens with zero attached hydrogens (tertiary/aromatic N) is 3. The first-order valence-electron chi connectivity index (χ1n) is 8.92. The molecule has 2 fully saturated rings. The van der Waals surface area contributed by atoms with Gasteiger partial charge in [-0.2, -0.15) is 5.10 Å². The second kappa shape index (κ2) is 7.13. The number of amides is 2. The van der Waals surface area contributed by atoms with Gasteiger partial charge in [-0.1, -0.05) is 12.8 Å². The summed E-state index contributed by atoms with van der Waals surface area (Å²) in [7, 11) is 0. The lowest BCUT2D eigenvalue weighted by Gasteiger charge is -2.35. The van der Waals surface area contributed by atoms with Crippen molar-refractivity contribution in [2.45, 2.75) is 63.8 Å². The summed E-state index contributed by atoms with van der Waals surface area (Å²) in [5.41, 5.74) is 5.94. The van der Waals surface area contributed by atoms with E-state index >= 15 is 0 Å². The molecule has 0 bridgehead atoms. The molecular weight excluding hydrogens is 322 g/mol. The summed E-state index contributed by atoms with van der Waals surface area (Å²) in [6.07, 6.45) is 6.66. The Bertz CT molecular complexity index is 628. The van der Waals surface area contributed by atoms with E-state index < -0.39 is 5.54 Å². The molecule has 25 heavy (non-hydrogen) atoms. The number of morpholine rings is 1. The number of ether oxygens (including phenoxy) is 1. The van der Waals surface area contributed by atoms with E-state index in [1.807, 2.05) is 13.8 Å². The SMILES string of the molecule is CC1CN(C(=O)Cn2cc(NC(=O)C3(N)CCCC3)cn2)CC(C)O1. The number of hydrogen-bond donors (Lipinski definition) is 2. The molecule has 8 heteroatoms. The van der Waals surface area contributed by atoms with Gasteiger partial charge < -0.3 is 20.7 Å². The molecule has 8 nitrogen and oxygen atoms in total. The first kappa shape index (κ1) is 17.9. The summed E-state index contributed by atoms with van der Waals surface area (Å²) in [5.74, 6) is -0.180. The molecule has 1 aliphatic carbocycles. The lowest BCUT2D eigenvalue weighted by atomic mass is 9.98. The third-order valence-electron chi connectivity index (χ3n) is 4.91. The van der Waals surface area contributed by atoms with Crippen LogP contribution < -0.4 is 11.1 Å². The van der Waals surface area contributed by atoms with Crippen molar-refractivity contribution in [1.82, 2.24) is 14.7 Å². The van der Waals surface area contributed by atoms with Gasteiger partial charge >= 0.3 is 0 Å². The maximum Gasteiger partial charge on any atom is 0.244 e. The highest BCUT2D eigenvalue weighted by Gasteiger charge is 2.37. The van der Waals surface area contributed by atoms with Gasteiger partial charge in [0.2, 0.25) is 11.8 Å². The number of nitrogens with one attached hydrogen (secondary N) is 1. The van der Waals surface area contributed by atoms with Crippen LogP contribution in [0.15, 0.2) is 12.4 Å². The third kappa shape index (κ3) is 4.19. The fourth-order valence-corrected chi connectivity index (χ4v) is 3.62. The van der Waals surface area contributed by atoms with Gasteiger partial charge in [0.05, 0.1) is 29.6 Å². The first-order chi connectivity index (χ1) is 11.9. The van der Waals surface area contributed by atoms with Crippen LogP contribution in [0, 0.1) is 0 Å². The molecule has 1 aromatic rings. The number of hydrogen-bond acceptors (Lipinski definition) is 5. The van der Waals surface area contributed by atoms with Crippen molar-refractivity contribution in [3.8, 4) is 0 Å². The molecule has 1 aromatic heterocycles. The molecule has 0 aromatic carbocycles. The monoisotopic (exact) mass is 349 g/mol. The van der Waals surface area contributed by atoms with E-state index in [4.69, 9.17) is 10.5 Å². The van der Waals surface area contributed by atoms with Crippen LogP contribution in [-0.2, 0) is 20.9 Å². The largest absolute Gasteiger partial charge is 0.372 e. The third-order valence-corrected chi connectivity index (χ3v) is 4.91. The van der Waals surface area contributed by atoms with E-state index in [1.165, 1.54) is 0 Å². The summed E-state index contributed by atoms with van der Waals surface area (Å²) in [6, 6.07) is 0. The molecule has 0 spiro atoms. The van der Waals surface area contributed by atoms with Crippen LogP contribution in [0.1, 0.15) is 39.5 Å². The van der Waals surface area contributed by atoms with Gasteiger partial charge in [-0.15, -0.1) is 0 Å². The molecule has 2 aliphatic rings. The minimum atomic E-state index is -0.780. The van der Waals surface area contributed by atoms with Gasteiger partial charge in [0, 0.05) is 19.3 Å². The highest BCUT2D eigenvalue weighted by molar-refractivity contribution is 5.98. The smallest absolute Gasteiger partial charge is 0.244 e. The topological polar surface area (TPSA) is 102 Å². The van der Waals surface area contributed by atoms with E-state index in [9.17, 15) is 9.59 Å². The second-order valence-corrected chi connectivity index (χ2v) is 7.30. The Hall–Kier alpha value is -1.93. The Morgan fingerprint density at radius 3 is 2.60 bits per heavy atom. The number of nitrogens with two attached hydrogens (primary N) is 1. The van der Waals surface area contributed by atoms with E-state index in [2.05, 4.69) is 10.4 Å². The predicted molar refractivity (Wildman–Crippen MR) is 92.8 cm³/mol. The molecule has 1 saturated heterocycles. The number of carbonyl (C=O) groups is 2. The van der Waals surface area contributed by atoms with Gasteiger partial charge in [-0.3, -0.25) is 14.3 Å². The Labute approximate surface area is 147 Å². The molecule has 3 rings (SSSR count). The van der Waals surface area contributed by atoms with E-state index in [1.54, 1.807) is 22.0 Å².